The first-order chi connectivity index (χ1) is 10.5. The third-order valence-electron chi connectivity index (χ3n) is 3.37. The van der Waals surface area contributed by atoms with Crippen molar-refractivity contribution in [1.29, 1.82) is 0 Å². The molecule has 0 rings (SSSR count). The van der Waals surface area contributed by atoms with Gasteiger partial charge in [-0.25, -0.2) is 0 Å². The summed E-state index contributed by atoms with van der Waals surface area (Å²) in [4.78, 5) is 0. The SMILES string of the molecule is CCCCCCCCCC(OCC)(OC(C)(C)C)OC(C)(C)C. The summed E-state index contributed by atoms with van der Waals surface area (Å²) in [5, 5.41) is 0. The maximum Gasteiger partial charge on any atom is 0.283 e. The van der Waals surface area contributed by atoms with Gasteiger partial charge in [0, 0.05) is 13.0 Å². The van der Waals surface area contributed by atoms with Crippen LogP contribution < -0.4 is 0 Å². The summed E-state index contributed by atoms with van der Waals surface area (Å²) in [6.07, 6.45) is 9.67. The fourth-order valence-corrected chi connectivity index (χ4v) is 2.71. The molecule has 0 saturated heterocycles. The maximum atomic E-state index is 6.24. The van der Waals surface area contributed by atoms with Crippen molar-refractivity contribution in [3.63, 3.8) is 0 Å². The van der Waals surface area contributed by atoms with Gasteiger partial charge in [0.25, 0.3) is 5.97 Å². The van der Waals surface area contributed by atoms with Crippen LogP contribution in [0.5, 0.6) is 0 Å². The highest BCUT2D eigenvalue weighted by Crippen LogP contribution is 2.33. The van der Waals surface area contributed by atoms with Crippen molar-refractivity contribution in [3.8, 4) is 0 Å². The average molecular weight is 331 g/mol. The van der Waals surface area contributed by atoms with E-state index < -0.39 is 5.97 Å². The van der Waals surface area contributed by atoms with Gasteiger partial charge in [0.2, 0.25) is 0 Å². The molecular weight excluding hydrogens is 288 g/mol. The predicted octanol–water partition coefficient (Wildman–Crippen LogP) is 6.45. The van der Waals surface area contributed by atoms with Gasteiger partial charge in [-0.2, -0.15) is 0 Å². The molecule has 0 aromatic rings. The van der Waals surface area contributed by atoms with Crippen LogP contribution in [-0.2, 0) is 14.2 Å². The molecule has 3 nitrogen and oxygen atoms in total. The number of unbranched alkanes of at least 4 members (excludes halogenated alkanes) is 6. The average Bonchev–Trinajstić information content (AvgIpc) is 2.33. The molecule has 0 bridgehead atoms. The molecule has 0 aliphatic heterocycles. The molecule has 0 aromatic carbocycles. The molecule has 0 spiro atoms. The van der Waals surface area contributed by atoms with Crippen LogP contribution in [0.4, 0.5) is 0 Å². The van der Waals surface area contributed by atoms with E-state index in [9.17, 15) is 0 Å². The number of rotatable bonds is 12. The lowest BCUT2D eigenvalue weighted by Gasteiger charge is -2.42. The lowest BCUT2D eigenvalue weighted by atomic mass is 10.1. The summed E-state index contributed by atoms with van der Waals surface area (Å²) in [5.41, 5.74) is -0.608. The van der Waals surface area contributed by atoms with Gasteiger partial charge in [0.15, 0.2) is 0 Å². The van der Waals surface area contributed by atoms with E-state index in [1.165, 1.54) is 38.5 Å². The normalized spacial score (nSPS) is 13.6. The van der Waals surface area contributed by atoms with Crippen LogP contribution in [-0.4, -0.2) is 23.8 Å². The highest BCUT2D eigenvalue weighted by Gasteiger charge is 2.40. The topological polar surface area (TPSA) is 27.7 Å². The first kappa shape index (κ1) is 22.9. The second kappa shape index (κ2) is 10.7. The van der Waals surface area contributed by atoms with Crippen molar-refractivity contribution in [2.75, 3.05) is 6.61 Å². The summed E-state index contributed by atoms with van der Waals surface area (Å²) >= 11 is 0. The third-order valence-corrected chi connectivity index (χ3v) is 3.37. The third kappa shape index (κ3) is 12.9. The van der Waals surface area contributed by atoms with Crippen LogP contribution in [0.25, 0.3) is 0 Å². The molecule has 0 amide bonds. The molecule has 23 heavy (non-hydrogen) atoms. The zero-order valence-corrected chi connectivity index (χ0v) is 17.1. The van der Waals surface area contributed by atoms with Gasteiger partial charge in [-0.3, -0.25) is 0 Å². The molecule has 0 aliphatic carbocycles. The first-order valence-electron chi connectivity index (χ1n) is 9.58. The second-order valence-corrected chi connectivity index (χ2v) is 8.42. The van der Waals surface area contributed by atoms with Crippen LogP contribution in [0, 0.1) is 0 Å². The molecular formula is C20H42O3. The number of hydrogen-bond acceptors (Lipinski definition) is 3. The van der Waals surface area contributed by atoms with Gasteiger partial charge in [0.1, 0.15) is 0 Å². The Kier molecular flexibility index (Phi) is 10.6. The molecule has 0 unspecified atom stereocenters. The van der Waals surface area contributed by atoms with Crippen molar-refractivity contribution >= 4 is 0 Å². The lowest BCUT2D eigenvalue weighted by Crippen LogP contribution is -2.49. The van der Waals surface area contributed by atoms with Gasteiger partial charge < -0.3 is 14.2 Å². The van der Waals surface area contributed by atoms with Crippen LogP contribution in [0.2, 0.25) is 0 Å². The number of hydrogen-bond donors (Lipinski definition) is 0. The highest BCUT2D eigenvalue weighted by molar-refractivity contribution is 4.72. The highest BCUT2D eigenvalue weighted by atomic mass is 16.9. The Hall–Kier alpha value is -0.120. The van der Waals surface area contributed by atoms with Gasteiger partial charge in [0.05, 0.1) is 11.2 Å². The predicted molar refractivity (Wildman–Crippen MR) is 98.6 cm³/mol. The van der Waals surface area contributed by atoms with Crippen LogP contribution in [0.15, 0.2) is 0 Å². The monoisotopic (exact) mass is 330 g/mol. The molecule has 0 N–H and O–H groups in total. The van der Waals surface area contributed by atoms with E-state index in [1.807, 2.05) is 6.92 Å². The molecule has 0 aromatic heterocycles. The standard InChI is InChI=1S/C20H42O3/c1-9-11-12-13-14-15-16-17-20(21-10-2,22-18(3,4)5)23-19(6,7)8/h9-17H2,1-8H3. The molecule has 0 heterocycles. The van der Waals surface area contributed by atoms with Crippen molar-refractivity contribution in [2.24, 2.45) is 0 Å². The van der Waals surface area contributed by atoms with Gasteiger partial charge >= 0.3 is 0 Å². The smallest absolute Gasteiger partial charge is 0.283 e. The molecule has 0 aliphatic rings. The maximum absolute atomic E-state index is 6.24. The number of ether oxygens (including phenoxy) is 3. The summed E-state index contributed by atoms with van der Waals surface area (Å²) in [6, 6.07) is 0. The fraction of sp³-hybridized carbons (Fsp3) is 1.00. The largest absolute Gasteiger partial charge is 0.328 e. The summed E-state index contributed by atoms with van der Waals surface area (Å²) in [7, 11) is 0. The Bertz CT molecular complexity index is 270. The molecule has 140 valence electrons. The van der Waals surface area contributed by atoms with E-state index >= 15 is 0 Å². The fourth-order valence-electron chi connectivity index (χ4n) is 2.71. The van der Waals surface area contributed by atoms with E-state index in [0.717, 1.165) is 12.8 Å². The lowest BCUT2D eigenvalue weighted by molar-refractivity contribution is -0.429. The van der Waals surface area contributed by atoms with Crippen LogP contribution in [0.1, 0.15) is 107 Å². The minimum atomic E-state index is -0.936. The zero-order chi connectivity index (χ0) is 18.0. The first-order valence-corrected chi connectivity index (χ1v) is 9.58. The Morgan fingerprint density at radius 3 is 1.43 bits per heavy atom. The van der Waals surface area contributed by atoms with E-state index in [4.69, 9.17) is 14.2 Å². The minimum Gasteiger partial charge on any atom is -0.328 e. The Balaban J connectivity index is 4.62. The van der Waals surface area contributed by atoms with E-state index in [0.29, 0.717) is 6.61 Å². The van der Waals surface area contributed by atoms with Gasteiger partial charge in [-0.1, -0.05) is 45.4 Å². The molecule has 0 saturated carbocycles. The van der Waals surface area contributed by atoms with E-state index in [-0.39, 0.29) is 11.2 Å². The van der Waals surface area contributed by atoms with Crippen LogP contribution >= 0.6 is 0 Å². The Labute approximate surface area is 145 Å². The molecule has 0 fully saturated rings. The van der Waals surface area contributed by atoms with E-state index in [1.54, 1.807) is 0 Å². The second-order valence-electron chi connectivity index (χ2n) is 8.42. The molecule has 0 atom stereocenters. The Morgan fingerprint density at radius 1 is 0.609 bits per heavy atom. The zero-order valence-electron chi connectivity index (χ0n) is 17.1. The summed E-state index contributed by atoms with van der Waals surface area (Å²) < 4.78 is 18.5. The van der Waals surface area contributed by atoms with Crippen molar-refractivity contribution in [3.05, 3.63) is 0 Å². The van der Waals surface area contributed by atoms with Gasteiger partial charge in [-0.15, -0.1) is 0 Å². The quantitative estimate of drug-likeness (QED) is 0.304. The van der Waals surface area contributed by atoms with Gasteiger partial charge in [-0.05, 0) is 54.9 Å². The van der Waals surface area contributed by atoms with Crippen molar-refractivity contribution < 1.29 is 14.2 Å². The van der Waals surface area contributed by atoms with Crippen molar-refractivity contribution in [2.45, 2.75) is 124 Å². The summed E-state index contributed by atoms with van der Waals surface area (Å²) in [5.74, 6) is -0.936. The minimum absolute atomic E-state index is 0.304. The molecule has 0 radical (unpaired) electrons. The molecule has 3 heteroatoms. The Morgan fingerprint density at radius 2 is 1.04 bits per heavy atom. The van der Waals surface area contributed by atoms with Crippen LogP contribution in [0.3, 0.4) is 0 Å². The van der Waals surface area contributed by atoms with Crippen molar-refractivity contribution in [1.82, 2.24) is 0 Å². The van der Waals surface area contributed by atoms with E-state index in [2.05, 4.69) is 48.5 Å². The summed E-state index contributed by atoms with van der Waals surface area (Å²) in [6.45, 7) is 17.2.